The molecule has 3 aromatic rings. The van der Waals surface area contributed by atoms with Gasteiger partial charge in [0.25, 0.3) is 5.56 Å². The third-order valence-electron chi connectivity index (χ3n) is 6.02. The average Bonchev–Trinajstić information content (AvgIpc) is 3.22. The fourth-order valence-corrected chi connectivity index (χ4v) is 5.43. The Morgan fingerprint density at radius 3 is 2.54 bits per heavy atom. The van der Waals surface area contributed by atoms with E-state index in [4.69, 9.17) is 23.9 Å². The van der Waals surface area contributed by atoms with E-state index in [1.54, 1.807) is 45.0 Å². The van der Waals surface area contributed by atoms with Crippen molar-refractivity contribution in [3.05, 3.63) is 84.5 Å². The number of esters is 1. The third-order valence-corrected chi connectivity index (χ3v) is 7.00. The highest BCUT2D eigenvalue weighted by atomic mass is 32.1. The van der Waals surface area contributed by atoms with Gasteiger partial charge in [0.05, 0.1) is 49.8 Å². The number of allylic oxidation sites excluding steroid dienone is 1. The van der Waals surface area contributed by atoms with Crippen LogP contribution < -0.4 is 29.1 Å². The summed E-state index contributed by atoms with van der Waals surface area (Å²) in [6.45, 7) is 4.00. The van der Waals surface area contributed by atoms with Gasteiger partial charge >= 0.3 is 5.97 Å². The predicted molar refractivity (Wildman–Crippen MR) is 142 cm³/mol. The number of hydrogen-bond acceptors (Lipinski definition) is 8. The van der Waals surface area contributed by atoms with Gasteiger partial charge in [0.15, 0.2) is 16.3 Å². The lowest BCUT2D eigenvalue weighted by atomic mass is 9.94. The zero-order valence-corrected chi connectivity index (χ0v) is 22.4. The molecule has 9 heteroatoms. The lowest BCUT2D eigenvalue weighted by Gasteiger charge is -2.26. The van der Waals surface area contributed by atoms with Crippen LogP contribution in [0.3, 0.4) is 0 Å². The summed E-state index contributed by atoms with van der Waals surface area (Å²) in [5, 5.41) is 0. The van der Waals surface area contributed by atoms with Crippen molar-refractivity contribution in [2.45, 2.75) is 32.7 Å². The van der Waals surface area contributed by atoms with E-state index in [9.17, 15) is 9.59 Å². The van der Waals surface area contributed by atoms with E-state index in [0.29, 0.717) is 49.8 Å². The standard InChI is InChI=1S/C28H30N2O6S/c1-6-10-20-23(27(32)36-7-2)24(17-11-8-13-19(15-17)33-3)30-26(31)22(37-28(30)29-20)16-18-12-9-14-21(34-4)25(18)35-5/h8-9,11-16,24H,6-7,10H2,1-5H3/b22-16+. The van der Waals surface area contributed by atoms with Gasteiger partial charge in [-0.3, -0.25) is 9.36 Å². The molecule has 0 fully saturated rings. The van der Waals surface area contributed by atoms with Gasteiger partial charge in [0, 0.05) is 5.56 Å². The zero-order chi connectivity index (χ0) is 26.5. The summed E-state index contributed by atoms with van der Waals surface area (Å²) < 4.78 is 23.9. The lowest BCUT2D eigenvalue weighted by Crippen LogP contribution is -2.40. The Labute approximate surface area is 219 Å². The van der Waals surface area contributed by atoms with Crippen LogP contribution in [-0.4, -0.2) is 38.5 Å². The largest absolute Gasteiger partial charge is 0.497 e. The van der Waals surface area contributed by atoms with Crippen molar-refractivity contribution in [3.63, 3.8) is 0 Å². The Kier molecular flexibility index (Phi) is 8.13. The zero-order valence-electron chi connectivity index (χ0n) is 21.6. The van der Waals surface area contributed by atoms with Crippen LogP contribution in [0.2, 0.25) is 0 Å². The number of carbonyl (C=O) groups is 1. The molecular formula is C28H30N2O6S. The molecule has 1 aromatic heterocycles. The number of ether oxygens (including phenoxy) is 4. The molecule has 1 aliphatic heterocycles. The van der Waals surface area contributed by atoms with Crippen molar-refractivity contribution in [2.75, 3.05) is 27.9 Å². The number of para-hydroxylation sites is 1. The van der Waals surface area contributed by atoms with Crippen molar-refractivity contribution in [3.8, 4) is 17.2 Å². The van der Waals surface area contributed by atoms with Crippen LogP contribution in [0.15, 0.2) is 63.5 Å². The van der Waals surface area contributed by atoms with E-state index in [-0.39, 0.29) is 12.2 Å². The van der Waals surface area contributed by atoms with Crippen molar-refractivity contribution in [1.29, 1.82) is 0 Å². The maximum Gasteiger partial charge on any atom is 0.338 e. The number of aromatic nitrogens is 1. The molecule has 0 saturated carbocycles. The van der Waals surface area contributed by atoms with E-state index in [1.165, 1.54) is 11.3 Å². The fraction of sp³-hybridized carbons (Fsp3) is 0.321. The minimum absolute atomic E-state index is 0.215. The average molecular weight is 523 g/mol. The maximum absolute atomic E-state index is 13.9. The molecule has 0 bridgehead atoms. The van der Waals surface area contributed by atoms with Crippen LogP contribution in [0.5, 0.6) is 17.2 Å². The molecule has 0 amide bonds. The molecule has 1 unspecified atom stereocenters. The van der Waals surface area contributed by atoms with Crippen LogP contribution in [0, 0.1) is 0 Å². The molecular weight excluding hydrogens is 492 g/mol. The Hall–Kier alpha value is -3.85. The van der Waals surface area contributed by atoms with Gasteiger partial charge < -0.3 is 18.9 Å². The number of thiazole rings is 1. The molecule has 194 valence electrons. The monoisotopic (exact) mass is 522 g/mol. The van der Waals surface area contributed by atoms with Gasteiger partial charge in [-0.15, -0.1) is 0 Å². The molecule has 2 heterocycles. The number of fused-ring (bicyclic) bond motifs is 1. The molecule has 37 heavy (non-hydrogen) atoms. The molecule has 2 aromatic carbocycles. The first kappa shape index (κ1) is 26.2. The highest BCUT2D eigenvalue weighted by Crippen LogP contribution is 2.34. The molecule has 1 atom stereocenters. The number of rotatable bonds is 9. The molecule has 8 nitrogen and oxygen atoms in total. The second kappa shape index (κ2) is 11.5. The molecule has 0 aliphatic carbocycles. The van der Waals surface area contributed by atoms with Crippen LogP contribution in [0.1, 0.15) is 43.9 Å². The normalized spacial score (nSPS) is 15.2. The van der Waals surface area contributed by atoms with E-state index >= 15 is 0 Å². The Morgan fingerprint density at radius 2 is 1.86 bits per heavy atom. The molecule has 0 saturated heterocycles. The van der Waals surface area contributed by atoms with E-state index in [1.807, 2.05) is 43.3 Å². The van der Waals surface area contributed by atoms with Gasteiger partial charge in [-0.2, -0.15) is 0 Å². The summed E-state index contributed by atoms with van der Waals surface area (Å²) in [6, 6.07) is 12.2. The quantitative estimate of drug-likeness (QED) is 0.399. The summed E-state index contributed by atoms with van der Waals surface area (Å²) in [5.74, 6) is 1.23. The maximum atomic E-state index is 13.9. The van der Waals surface area contributed by atoms with Gasteiger partial charge in [-0.1, -0.05) is 48.9 Å². The highest BCUT2D eigenvalue weighted by molar-refractivity contribution is 7.07. The minimum atomic E-state index is -0.707. The van der Waals surface area contributed by atoms with Crippen molar-refractivity contribution in [2.24, 2.45) is 4.99 Å². The molecule has 0 N–H and O–H groups in total. The van der Waals surface area contributed by atoms with Crippen LogP contribution in [-0.2, 0) is 9.53 Å². The molecule has 0 radical (unpaired) electrons. The second-order valence-corrected chi connectivity index (χ2v) is 9.28. The molecule has 1 aliphatic rings. The van der Waals surface area contributed by atoms with Crippen molar-refractivity contribution in [1.82, 2.24) is 4.57 Å². The van der Waals surface area contributed by atoms with Gasteiger partial charge in [0.1, 0.15) is 5.75 Å². The molecule has 0 spiro atoms. The minimum Gasteiger partial charge on any atom is -0.497 e. The summed E-state index contributed by atoms with van der Waals surface area (Å²) in [5.41, 5.74) is 2.16. The summed E-state index contributed by atoms with van der Waals surface area (Å²) in [6.07, 6.45) is 3.12. The topological polar surface area (TPSA) is 88.4 Å². The van der Waals surface area contributed by atoms with Crippen LogP contribution >= 0.6 is 11.3 Å². The second-order valence-electron chi connectivity index (χ2n) is 8.27. The van der Waals surface area contributed by atoms with Gasteiger partial charge in [-0.05, 0) is 43.2 Å². The third kappa shape index (κ3) is 5.04. The van der Waals surface area contributed by atoms with E-state index in [2.05, 4.69) is 0 Å². The van der Waals surface area contributed by atoms with Crippen LogP contribution in [0.25, 0.3) is 6.08 Å². The van der Waals surface area contributed by atoms with E-state index < -0.39 is 12.0 Å². The molecule has 4 rings (SSSR count). The summed E-state index contributed by atoms with van der Waals surface area (Å²) >= 11 is 1.27. The van der Waals surface area contributed by atoms with Gasteiger partial charge in [-0.25, -0.2) is 9.79 Å². The smallest absolute Gasteiger partial charge is 0.338 e. The number of carbonyl (C=O) groups excluding carboxylic acids is 1. The Bertz CT molecular complexity index is 1520. The number of methoxy groups -OCH3 is 3. The van der Waals surface area contributed by atoms with Crippen molar-refractivity contribution < 1.29 is 23.7 Å². The first-order chi connectivity index (χ1) is 18.0. The highest BCUT2D eigenvalue weighted by Gasteiger charge is 2.34. The van der Waals surface area contributed by atoms with E-state index in [0.717, 1.165) is 12.0 Å². The summed E-state index contributed by atoms with van der Waals surface area (Å²) in [7, 11) is 4.70. The van der Waals surface area contributed by atoms with Crippen LogP contribution in [0.4, 0.5) is 0 Å². The predicted octanol–water partition coefficient (Wildman–Crippen LogP) is 3.60. The van der Waals surface area contributed by atoms with Crippen molar-refractivity contribution >= 4 is 23.4 Å². The Balaban J connectivity index is 2.02. The number of hydrogen-bond donors (Lipinski definition) is 0. The number of benzene rings is 2. The number of nitrogens with zero attached hydrogens (tertiary/aromatic N) is 2. The lowest BCUT2D eigenvalue weighted by molar-refractivity contribution is -0.139. The fourth-order valence-electron chi connectivity index (χ4n) is 4.41. The van der Waals surface area contributed by atoms with Gasteiger partial charge in [0.2, 0.25) is 0 Å². The first-order valence-corrected chi connectivity index (χ1v) is 12.9. The first-order valence-electron chi connectivity index (χ1n) is 12.0. The SMILES string of the molecule is CCCC1=C(C(=O)OCC)C(c2cccc(OC)c2)n2c(s/c(=C/c3cccc(OC)c3OC)c2=O)=N1. The summed E-state index contributed by atoms with van der Waals surface area (Å²) in [4.78, 5) is 32.5. The Morgan fingerprint density at radius 1 is 1.08 bits per heavy atom.